The number of aromatic nitrogens is 1. The topological polar surface area (TPSA) is 22.1 Å². The van der Waals surface area contributed by atoms with Crippen LogP contribution in [0.4, 0.5) is 13.2 Å². The summed E-state index contributed by atoms with van der Waals surface area (Å²) in [6.07, 6.45) is -2.92. The Morgan fingerprint density at radius 3 is 2.40 bits per heavy atom. The van der Waals surface area contributed by atoms with Crippen LogP contribution in [0.5, 0.6) is 11.6 Å². The molecular formula is C14H11ClF3NO. The van der Waals surface area contributed by atoms with E-state index in [1.54, 1.807) is 12.3 Å². The van der Waals surface area contributed by atoms with Gasteiger partial charge >= 0.3 is 6.18 Å². The Labute approximate surface area is 119 Å². The Morgan fingerprint density at radius 2 is 1.80 bits per heavy atom. The van der Waals surface area contributed by atoms with Crippen LogP contribution in [0.1, 0.15) is 16.7 Å². The van der Waals surface area contributed by atoms with Crippen molar-refractivity contribution in [3.05, 3.63) is 52.2 Å². The van der Waals surface area contributed by atoms with E-state index in [1.807, 2.05) is 13.8 Å². The monoisotopic (exact) mass is 301 g/mol. The number of hydrogen-bond acceptors (Lipinski definition) is 2. The smallest absolute Gasteiger partial charge is 0.417 e. The first-order chi connectivity index (χ1) is 9.27. The van der Waals surface area contributed by atoms with Gasteiger partial charge in [0.05, 0.1) is 10.6 Å². The molecule has 2 nitrogen and oxygen atoms in total. The molecule has 1 heterocycles. The molecule has 0 N–H and O–H groups in total. The van der Waals surface area contributed by atoms with Crippen LogP contribution < -0.4 is 4.74 Å². The van der Waals surface area contributed by atoms with Crippen LogP contribution in [0.15, 0.2) is 30.5 Å². The lowest BCUT2D eigenvalue weighted by molar-refractivity contribution is -0.137. The molecule has 0 saturated heterocycles. The summed E-state index contributed by atoms with van der Waals surface area (Å²) in [7, 11) is 0. The molecule has 20 heavy (non-hydrogen) atoms. The first-order valence-electron chi connectivity index (χ1n) is 5.75. The van der Waals surface area contributed by atoms with Crippen molar-refractivity contribution in [2.75, 3.05) is 0 Å². The molecule has 2 rings (SSSR count). The van der Waals surface area contributed by atoms with Crippen LogP contribution in [0.25, 0.3) is 0 Å². The van der Waals surface area contributed by atoms with Gasteiger partial charge in [0.1, 0.15) is 5.75 Å². The zero-order valence-corrected chi connectivity index (χ0v) is 11.5. The Hall–Kier alpha value is -1.75. The molecule has 0 saturated carbocycles. The zero-order chi connectivity index (χ0) is 14.9. The second-order valence-corrected chi connectivity index (χ2v) is 4.76. The van der Waals surface area contributed by atoms with E-state index in [0.717, 1.165) is 23.3 Å². The van der Waals surface area contributed by atoms with Gasteiger partial charge in [0, 0.05) is 12.3 Å². The van der Waals surface area contributed by atoms with Crippen molar-refractivity contribution in [2.45, 2.75) is 20.0 Å². The molecule has 0 radical (unpaired) electrons. The number of ether oxygens (including phenoxy) is 1. The Morgan fingerprint density at radius 1 is 1.10 bits per heavy atom. The molecule has 1 aromatic carbocycles. The van der Waals surface area contributed by atoms with E-state index in [4.69, 9.17) is 16.3 Å². The maximum absolute atomic E-state index is 12.7. The van der Waals surface area contributed by atoms with Gasteiger partial charge in [-0.25, -0.2) is 4.98 Å². The maximum atomic E-state index is 12.7. The average Bonchev–Trinajstić information content (AvgIpc) is 2.35. The first kappa shape index (κ1) is 14.7. The van der Waals surface area contributed by atoms with Gasteiger partial charge in [-0.05, 0) is 43.2 Å². The molecule has 0 aliphatic rings. The summed E-state index contributed by atoms with van der Waals surface area (Å²) in [5.41, 5.74) is 0.991. The number of alkyl halides is 3. The second kappa shape index (κ2) is 5.32. The molecule has 2 aromatic rings. The van der Waals surface area contributed by atoms with Crippen molar-refractivity contribution in [3.8, 4) is 11.6 Å². The third kappa shape index (κ3) is 3.22. The SMILES string of the molecule is Cc1cnc(Oc2ccc(Cl)c(C(F)(F)F)c2)cc1C. The van der Waals surface area contributed by atoms with Gasteiger partial charge in [-0.2, -0.15) is 13.2 Å². The lowest BCUT2D eigenvalue weighted by atomic mass is 10.2. The molecule has 106 valence electrons. The van der Waals surface area contributed by atoms with Crippen molar-refractivity contribution in [2.24, 2.45) is 0 Å². The van der Waals surface area contributed by atoms with Gasteiger partial charge < -0.3 is 4.74 Å². The second-order valence-electron chi connectivity index (χ2n) is 4.35. The van der Waals surface area contributed by atoms with Crippen LogP contribution in [-0.2, 0) is 6.18 Å². The first-order valence-corrected chi connectivity index (χ1v) is 6.13. The number of pyridine rings is 1. The summed E-state index contributed by atoms with van der Waals surface area (Å²) in [6, 6.07) is 5.05. The molecular weight excluding hydrogens is 291 g/mol. The molecule has 0 aliphatic heterocycles. The van der Waals surface area contributed by atoms with E-state index in [0.29, 0.717) is 0 Å². The summed E-state index contributed by atoms with van der Waals surface area (Å²) < 4.78 is 43.5. The lowest BCUT2D eigenvalue weighted by Crippen LogP contribution is -2.06. The van der Waals surface area contributed by atoms with Crippen molar-refractivity contribution < 1.29 is 17.9 Å². The average molecular weight is 302 g/mol. The number of benzene rings is 1. The summed E-state index contributed by atoms with van der Waals surface area (Å²) >= 11 is 5.54. The van der Waals surface area contributed by atoms with Crippen molar-refractivity contribution >= 4 is 11.6 Å². The highest BCUT2D eigenvalue weighted by Gasteiger charge is 2.33. The normalized spacial score (nSPS) is 11.5. The fourth-order valence-corrected chi connectivity index (χ4v) is 1.78. The van der Waals surface area contributed by atoms with E-state index in [2.05, 4.69) is 4.98 Å². The maximum Gasteiger partial charge on any atom is 0.417 e. The molecule has 1 aromatic heterocycles. The van der Waals surface area contributed by atoms with Crippen LogP contribution in [0.2, 0.25) is 5.02 Å². The highest BCUT2D eigenvalue weighted by molar-refractivity contribution is 6.31. The van der Waals surface area contributed by atoms with Crippen molar-refractivity contribution in [1.29, 1.82) is 0 Å². The number of halogens is 4. The van der Waals surface area contributed by atoms with Gasteiger partial charge in [0.15, 0.2) is 0 Å². The standard InChI is InChI=1S/C14H11ClF3NO/c1-8-5-13(19-7-9(8)2)20-10-3-4-12(15)11(6-10)14(16,17)18/h3-7H,1-2H3. The predicted octanol–water partition coefficient (Wildman–Crippen LogP) is 5.16. The lowest BCUT2D eigenvalue weighted by Gasteiger charge is -2.11. The van der Waals surface area contributed by atoms with E-state index in [1.165, 1.54) is 6.07 Å². The number of hydrogen-bond donors (Lipinski definition) is 0. The summed E-state index contributed by atoms with van der Waals surface area (Å²) in [4.78, 5) is 4.01. The van der Waals surface area contributed by atoms with E-state index < -0.39 is 11.7 Å². The summed E-state index contributed by atoms with van der Waals surface area (Å²) in [5, 5.41) is -0.363. The molecule has 0 amide bonds. The van der Waals surface area contributed by atoms with Crippen LogP contribution in [0, 0.1) is 13.8 Å². The van der Waals surface area contributed by atoms with Gasteiger partial charge in [-0.3, -0.25) is 0 Å². The van der Waals surface area contributed by atoms with Gasteiger partial charge in [-0.1, -0.05) is 11.6 Å². The molecule has 0 unspecified atom stereocenters. The predicted molar refractivity (Wildman–Crippen MR) is 70.2 cm³/mol. The molecule has 0 spiro atoms. The fourth-order valence-electron chi connectivity index (χ4n) is 1.56. The molecule has 6 heteroatoms. The Bertz CT molecular complexity index is 641. The van der Waals surface area contributed by atoms with E-state index >= 15 is 0 Å². The highest BCUT2D eigenvalue weighted by Crippen LogP contribution is 2.37. The van der Waals surface area contributed by atoms with Gasteiger partial charge in [0.25, 0.3) is 0 Å². The minimum absolute atomic E-state index is 0.0393. The number of rotatable bonds is 2. The van der Waals surface area contributed by atoms with E-state index in [-0.39, 0.29) is 16.7 Å². The minimum atomic E-state index is -4.52. The van der Waals surface area contributed by atoms with Crippen LogP contribution in [0.3, 0.4) is 0 Å². The van der Waals surface area contributed by atoms with Crippen molar-refractivity contribution in [3.63, 3.8) is 0 Å². The summed E-state index contributed by atoms with van der Waals surface area (Å²) in [6.45, 7) is 3.75. The van der Waals surface area contributed by atoms with Crippen LogP contribution >= 0.6 is 11.6 Å². The largest absolute Gasteiger partial charge is 0.439 e. The number of nitrogens with zero attached hydrogens (tertiary/aromatic N) is 1. The summed E-state index contributed by atoms with van der Waals surface area (Å²) in [5.74, 6) is 0.279. The van der Waals surface area contributed by atoms with E-state index in [9.17, 15) is 13.2 Å². The third-order valence-corrected chi connectivity index (χ3v) is 3.14. The fraction of sp³-hybridized carbons (Fsp3) is 0.214. The van der Waals surface area contributed by atoms with Crippen LogP contribution in [-0.4, -0.2) is 4.98 Å². The minimum Gasteiger partial charge on any atom is -0.439 e. The Balaban J connectivity index is 2.32. The number of aryl methyl sites for hydroxylation is 2. The quantitative estimate of drug-likeness (QED) is 0.764. The third-order valence-electron chi connectivity index (χ3n) is 2.81. The molecule has 0 aliphatic carbocycles. The van der Waals surface area contributed by atoms with Gasteiger partial charge in [-0.15, -0.1) is 0 Å². The highest BCUT2D eigenvalue weighted by atomic mass is 35.5. The zero-order valence-electron chi connectivity index (χ0n) is 10.8. The molecule has 0 bridgehead atoms. The molecule has 0 atom stereocenters. The molecule has 0 fully saturated rings. The van der Waals surface area contributed by atoms with Gasteiger partial charge in [0.2, 0.25) is 5.88 Å². The Kier molecular flexibility index (Phi) is 3.90. The van der Waals surface area contributed by atoms with Crippen molar-refractivity contribution in [1.82, 2.24) is 4.98 Å².